The molecule has 0 saturated heterocycles. The van der Waals surface area contributed by atoms with Crippen LogP contribution in [0.4, 0.5) is 17.1 Å². The Morgan fingerprint density at radius 1 is 0.300 bits per heavy atom. The number of aryl methyl sites for hydroxylation is 5. The maximum atomic E-state index is 2.40. The molecule has 242 valence electrons. The van der Waals surface area contributed by atoms with Gasteiger partial charge < -0.3 is 14.0 Å². The zero-order valence-electron chi connectivity index (χ0n) is 29.2. The highest BCUT2D eigenvalue weighted by atomic mass is 15.1. The quantitative estimate of drug-likeness (QED) is 0.182. The lowest BCUT2D eigenvalue weighted by molar-refractivity contribution is 1.16. The normalized spacial score (nSPS) is 11.7. The summed E-state index contributed by atoms with van der Waals surface area (Å²) in [5, 5.41) is 5.18. The van der Waals surface area contributed by atoms with Gasteiger partial charge in [-0.1, -0.05) is 64.2 Å². The molecule has 0 spiro atoms. The number of aromatic nitrogens is 2. The lowest BCUT2D eigenvalue weighted by Gasteiger charge is -2.26. The first kappa shape index (κ1) is 30.0. The molecule has 0 saturated carbocycles. The van der Waals surface area contributed by atoms with E-state index in [4.69, 9.17) is 0 Å². The minimum Gasteiger partial charge on any atom is -0.311 e. The van der Waals surface area contributed by atoms with Crippen molar-refractivity contribution in [1.29, 1.82) is 0 Å². The largest absolute Gasteiger partial charge is 0.311 e. The molecule has 3 heteroatoms. The number of hydrogen-bond acceptors (Lipinski definition) is 1. The molecule has 0 radical (unpaired) electrons. The standard InChI is InChI=1S/C47H39N3/c1-30-6-12-35(13-7-30)48(36-14-18-38(19-15-36)49-44-22-8-31(2)26-40(44)41-27-32(3)9-23-45(41)49)37-16-20-39(21-17-37)50-46-24-10-33(4)28-42(46)43-29-34(5)11-25-47(43)50/h6-29H,1-5H3. The van der Waals surface area contributed by atoms with Gasteiger partial charge in [-0.3, -0.25) is 0 Å². The summed E-state index contributed by atoms with van der Waals surface area (Å²) in [6.45, 7) is 10.8. The Labute approximate surface area is 293 Å². The molecule has 7 aromatic carbocycles. The first-order chi connectivity index (χ1) is 24.3. The number of nitrogens with zero attached hydrogens (tertiary/aromatic N) is 3. The second-order valence-corrected chi connectivity index (χ2v) is 14.0. The molecule has 0 aliphatic carbocycles. The molecular weight excluding hydrogens is 607 g/mol. The van der Waals surface area contributed by atoms with Gasteiger partial charge in [-0.05, 0) is 144 Å². The number of hydrogen-bond donors (Lipinski definition) is 0. The molecule has 0 N–H and O–H groups in total. The molecule has 0 unspecified atom stereocenters. The summed E-state index contributed by atoms with van der Waals surface area (Å²) >= 11 is 0. The van der Waals surface area contributed by atoms with Crippen LogP contribution in [0.2, 0.25) is 0 Å². The molecule has 0 fully saturated rings. The molecule has 0 aliphatic heterocycles. The smallest absolute Gasteiger partial charge is 0.0541 e. The van der Waals surface area contributed by atoms with Crippen LogP contribution in [0.1, 0.15) is 27.8 Å². The van der Waals surface area contributed by atoms with Gasteiger partial charge in [0, 0.05) is 50.0 Å². The monoisotopic (exact) mass is 645 g/mol. The Morgan fingerprint density at radius 2 is 0.560 bits per heavy atom. The van der Waals surface area contributed by atoms with Gasteiger partial charge in [-0.2, -0.15) is 0 Å². The van der Waals surface area contributed by atoms with Crippen molar-refractivity contribution >= 4 is 60.7 Å². The Hall–Kier alpha value is -6.06. The van der Waals surface area contributed by atoms with Gasteiger partial charge in [0.2, 0.25) is 0 Å². The molecule has 2 aromatic heterocycles. The van der Waals surface area contributed by atoms with Crippen molar-refractivity contribution in [3.63, 3.8) is 0 Å². The fraction of sp³-hybridized carbons (Fsp3) is 0.106. The highest BCUT2D eigenvalue weighted by Gasteiger charge is 2.17. The van der Waals surface area contributed by atoms with Crippen LogP contribution in [0, 0.1) is 34.6 Å². The highest BCUT2D eigenvalue weighted by Crippen LogP contribution is 2.39. The van der Waals surface area contributed by atoms with E-state index in [1.54, 1.807) is 0 Å². The number of fused-ring (bicyclic) bond motifs is 6. The Bertz CT molecular complexity index is 2440. The van der Waals surface area contributed by atoms with Gasteiger partial charge in [-0.15, -0.1) is 0 Å². The molecule has 0 bridgehead atoms. The van der Waals surface area contributed by atoms with Crippen LogP contribution in [0.15, 0.2) is 146 Å². The Morgan fingerprint density at radius 3 is 0.860 bits per heavy atom. The molecular formula is C47H39N3. The third kappa shape index (κ3) is 4.89. The summed E-state index contributed by atoms with van der Waals surface area (Å²) in [5.41, 5.74) is 16.9. The van der Waals surface area contributed by atoms with Crippen molar-refractivity contribution in [2.45, 2.75) is 34.6 Å². The molecule has 9 aromatic rings. The average Bonchev–Trinajstić information content (AvgIpc) is 3.61. The first-order valence-electron chi connectivity index (χ1n) is 17.4. The third-order valence-corrected chi connectivity index (χ3v) is 10.2. The van der Waals surface area contributed by atoms with Crippen LogP contribution in [0.25, 0.3) is 55.0 Å². The van der Waals surface area contributed by atoms with Gasteiger partial charge in [0.25, 0.3) is 0 Å². The van der Waals surface area contributed by atoms with Gasteiger partial charge in [0.05, 0.1) is 22.1 Å². The zero-order chi connectivity index (χ0) is 34.1. The summed E-state index contributed by atoms with van der Waals surface area (Å²) in [4.78, 5) is 2.35. The van der Waals surface area contributed by atoms with Gasteiger partial charge >= 0.3 is 0 Å². The van der Waals surface area contributed by atoms with Crippen LogP contribution in [0.3, 0.4) is 0 Å². The van der Waals surface area contributed by atoms with Crippen molar-refractivity contribution < 1.29 is 0 Å². The van der Waals surface area contributed by atoms with Crippen LogP contribution in [0.5, 0.6) is 0 Å². The lowest BCUT2D eigenvalue weighted by Crippen LogP contribution is -2.10. The summed E-state index contributed by atoms with van der Waals surface area (Å²) < 4.78 is 4.79. The summed E-state index contributed by atoms with van der Waals surface area (Å²) in [6, 6.07) is 54.0. The zero-order valence-corrected chi connectivity index (χ0v) is 29.2. The van der Waals surface area contributed by atoms with Crippen molar-refractivity contribution in [1.82, 2.24) is 9.13 Å². The van der Waals surface area contributed by atoms with Crippen LogP contribution < -0.4 is 4.90 Å². The van der Waals surface area contributed by atoms with E-state index in [9.17, 15) is 0 Å². The van der Waals surface area contributed by atoms with E-state index in [0.717, 1.165) is 28.4 Å². The minimum absolute atomic E-state index is 1.11. The molecule has 0 amide bonds. The fourth-order valence-electron chi connectivity index (χ4n) is 7.70. The first-order valence-corrected chi connectivity index (χ1v) is 17.4. The van der Waals surface area contributed by atoms with E-state index in [1.807, 2.05) is 0 Å². The second kappa shape index (κ2) is 11.5. The van der Waals surface area contributed by atoms with E-state index >= 15 is 0 Å². The van der Waals surface area contributed by atoms with Gasteiger partial charge in [0.1, 0.15) is 0 Å². The van der Waals surface area contributed by atoms with E-state index in [0.29, 0.717) is 0 Å². The Balaban J connectivity index is 1.16. The summed E-state index contributed by atoms with van der Waals surface area (Å²) in [5.74, 6) is 0. The summed E-state index contributed by atoms with van der Waals surface area (Å²) in [7, 11) is 0. The number of benzene rings is 7. The van der Waals surface area contributed by atoms with Crippen molar-refractivity contribution in [2.24, 2.45) is 0 Å². The molecule has 9 rings (SSSR count). The van der Waals surface area contributed by atoms with E-state index in [2.05, 4.69) is 194 Å². The van der Waals surface area contributed by atoms with Crippen molar-refractivity contribution in [2.75, 3.05) is 4.90 Å². The lowest BCUT2D eigenvalue weighted by atomic mass is 10.1. The van der Waals surface area contributed by atoms with Crippen LogP contribution in [-0.4, -0.2) is 9.13 Å². The predicted molar refractivity (Wildman–Crippen MR) is 213 cm³/mol. The van der Waals surface area contributed by atoms with Crippen molar-refractivity contribution in [3.05, 3.63) is 173 Å². The predicted octanol–water partition coefficient (Wildman–Crippen LogP) is 12.9. The molecule has 50 heavy (non-hydrogen) atoms. The highest BCUT2D eigenvalue weighted by molar-refractivity contribution is 6.10. The van der Waals surface area contributed by atoms with E-state index < -0.39 is 0 Å². The van der Waals surface area contributed by atoms with Crippen LogP contribution in [-0.2, 0) is 0 Å². The van der Waals surface area contributed by atoms with E-state index in [-0.39, 0.29) is 0 Å². The molecule has 0 atom stereocenters. The number of rotatable bonds is 5. The molecule has 2 heterocycles. The van der Waals surface area contributed by atoms with E-state index in [1.165, 1.54) is 71.4 Å². The third-order valence-electron chi connectivity index (χ3n) is 10.2. The second-order valence-electron chi connectivity index (χ2n) is 14.0. The van der Waals surface area contributed by atoms with Gasteiger partial charge in [0.15, 0.2) is 0 Å². The minimum atomic E-state index is 1.11. The van der Waals surface area contributed by atoms with Gasteiger partial charge in [-0.25, -0.2) is 0 Å². The average molecular weight is 646 g/mol. The fourth-order valence-corrected chi connectivity index (χ4v) is 7.70. The molecule has 3 nitrogen and oxygen atoms in total. The molecule has 0 aliphatic rings. The maximum absolute atomic E-state index is 2.40. The summed E-state index contributed by atoms with van der Waals surface area (Å²) in [6.07, 6.45) is 0. The Kier molecular flexibility index (Phi) is 6.92. The maximum Gasteiger partial charge on any atom is 0.0541 e. The van der Waals surface area contributed by atoms with Crippen LogP contribution >= 0.6 is 0 Å². The number of anilines is 3. The topological polar surface area (TPSA) is 13.1 Å². The van der Waals surface area contributed by atoms with Crippen molar-refractivity contribution in [3.8, 4) is 11.4 Å². The SMILES string of the molecule is Cc1ccc(N(c2ccc(-n3c4ccc(C)cc4c4cc(C)ccc43)cc2)c2ccc(-n3c4ccc(C)cc4c4cc(C)ccc43)cc2)cc1.